The molecule has 34 heavy (non-hydrogen) atoms. The van der Waals surface area contributed by atoms with Crippen molar-refractivity contribution in [1.82, 2.24) is 0 Å². The molecule has 0 N–H and O–H groups in total. The molecule has 0 spiro atoms. The summed E-state index contributed by atoms with van der Waals surface area (Å²) in [6.07, 6.45) is 15.7. The van der Waals surface area contributed by atoms with Crippen LogP contribution in [0.25, 0.3) is 0 Å². The van der Waals surface area contributed by atoms with Gasteiger partial charge in [0, 0.05) is 23.7 Å². The fourth-order valence-corrected chi connectivity index (χ4v) is 10.1. The van der Waals surface area contributed by atoms with Gasteiger partial charge in [-0.3, -0.25) is 0 Å². The lowest BCUT2D eigenvalue weighted by molar-refractivity contribution is -0.0640. The zero-order valence-corrected chi connectivity index (χ0v) is 22.2. The van der Waals surface area contributed by atoms with Gasteiger partial charge in [0.15, 0.2) is 0 Å². The molecule has 1 aliphatic heterocycles. The van der Waals surface area contributed by atoms with Gasteiger partial charge < -0.3 is 9.47 Å². The molecule has 8 atom stereocenters. The summed E-state index contributed by atoms with van der Waals surface area (Å²) in [7, 11) is 0. The average molecular weight is 499 g/mol. The van der Waals surface area contributed by atoms with Gasteiger partial charge >= 0.3 is 0 Å². The van der Waals surface area contributed by atoms with E-state index in [2.05, 4.69) is 6.92 Å². The van der Waals surface area contributed by atoms with Crippen LogP contribution >= 0.6 is 11.8 Å². The Balaban J connectivity index is 1.06. The SMILES string of the molecule is CCCCOC1CCC2C3CCC(OCC4CCC(CC5CCCC5)CC4)C(F)C3SC2C1F. The van der Waals surface area contributed by atoms with Gasteiger partial charge in [0.1, 0.15) is 12.3 Å². The molecule has 5 heteroatoms. The first-order valence-corrected chi connectivity index (χ1v) is 15.7. The molecule has 0 bridgehead atoms. The van der Waals surface area contributed by atoms with Crippen LogP contribution in [-0.4, -0.2) is 48.3 Å². The average Bonchev–Trinajstić information content (AvgIpc) is 3.50. The number of rotatable bonds is 9. The maximum Gasteiger partial charge on any atom is 0.138 e. The highest BCUT2D eigenvalue weighted by atomic mass is 32.2. The molecular weight excluding hydrogens is 450 g/mol. The summed E-state index contributed by atoms with van der Waals surface area (Å²) in [5, 5.41) is -0.161. The molecule has 1 heterocycles. The Morgan fingerprint density at radius 2 is 1.24 bits per heavy atom. The molecule has 1 saturated heterocycles. The second-order valence-electron chi connectivity index (χ2n) is 12.3. The smallest absolute Gasteiger partial charge is 0.138 e. The van der Waals surface area contributed by atoms with Gasteiger partial charge in [-0.05, 0) is 81.0 Å². The summed E-state index contributed by atoms with van der Waals surface area (Å²) >= 11 is 1.61. The highest BCUT2D eigenvalue weighted by Crippen LogP contribution is 2.56. The summed E-state index contributed by atoms with van der Waals surface area (Å²) in [5.41, 5.74) is 0. The molecule has 4 aliphatic carbocycles. The maximum atomic E-state index is 15.7. The lowest BCUT2D eigenvalue weighted by Gasteiger charge is -2.39. The van der Waals surface area contributed by atoms with Crippen LogP contribution in [0.1, 0.15) is 103 Å². The molecule has 0 aromatic heterocycles. The van der Waals surface area contributed by atoms with Crippen LogP contribution in [0, 0.1) is 29.6 Å². The first kappa shape index (κ1) is 25.8. The molecule has 196 valence electrons. The second kappa shape index (κ2) is 12.1. The quantitative estimate of drug-likeness (QED) is 0.301. The van der Waals surface area contributed by atoms with Gasteiger partial charge in [0.05, 0.1) is 12.2 Å². The van der Waals surface area contributed by atoms with Crippen LogP contribution in [0.3, 0.4) is 0 Å². The van der Waals surface area contributed by atoms with Crippen LogP contribution in [0.4, 0.5) is 8.78 Å². The number of hydrogen-bond donors (Lipinski definition) is 0. The number of halogens is 2. The molecule has 0 radical (unpaired) electrons. The first-order valence-electron chi connectivity index (χ1n) is 14.8. The highest BCUT2D eigenvalue weighted by molar-refractivity contribution is 8.00. The molecule has 4 saturated carbocycles. The van der Waals surface area contributed by atoms with E-state index in [0.717, 1.165) is 57.0 Å². The van der Waals surface area contributed by atoms with Gasteiger partial charge in [-0.15, -0.1) is 11.8 Å². The molecule has 8 unspecified atom stereocenters. The van der Waals surface area contributed by atoms with E-state index in [1.54, 1.807) is 11.8 Å². The van der Waals surface area contributed by atoms with Gasteiger partial charge in [-0.25, -0.2) is 8.78 Å². The van der Waals surface area contributed by atoms with Gasteiger partial charge in [0.25, 0.3) is 0 Å². The maximum absolute atomic E-state index is 15.7. The van der Waals surface area contributed by atoms with Crippen molar-refractivity contribution in [3.05, 3.63) is 0 Å². The van der Waals surface area contributed by atoms with Crippen LogP contribution in [0.2, 0.25) is 0 Å². The first-order chi connectivity index (χ1) is 16.6. The summed E-state index contributed by atoms with van der Waals surface area (Å²) in [6.45, 7) is 3.52. The van der Waals surface area contributed by atoms with E-state index >= 15 is 8.78 Å². The highest BCUT2D eigenvalue weighted by Gasteiger charge is 2.56. The lowest BCUT2D eigenvalue weighted by atomic mass is 9.71. The van der Waals surface area contributed by atoms with Crippen molar-refractivity contribution in [3.63, 3.8) is 0 Å². The third kappa shape index (κ3) is 5.82. The van der Waals surface area contributed by atoms with E-state index in [0.29, 0.717) is 24.4 Å². The van der Waals surface area contributed by atoms with Gasteiger partial charge in [0.2, 0.25) is 0 Å². The Morgan fingerprint density at radius 1 is 0.676 bits per heavy atom. The standard InChI is InChI=1S/C29H48F2O2S/c1-2-3-16-32-24-14-12-22-23-13-15-25(27(31)29(23)34-28(22)26(24)30)33-18-21-10-8-20(9-11-21)17-19-6-4-5-7-19/h19-29H,2-18H2,1H3. The number of unbranched alkanes of at least 4 members (excludes halogenated alkanes) is 1. The molecule has 5 rings (SSSR count). The molecular formula is C29H48F2O2S. The molecule has 5 aliphatic rings. The summed E-state index contributed by atoms with van der Waals surface area (Å²) in [4.78, 5) is 0. The lowest BCUT2D eigenvalue weighted by Crippen LogP contribution is -2.45. The minimum atomic E-state index is -0.947. The third-order valence-electron chi connectivity index (χ3n) is 10.1. The van der Waals surface area contributed by atoms with E-state index in [9.17, 15) is 0 Å². The Hall–Kier alpha value is 0.130. The van der Waals surface area contributed by atoms with Crippen molar-refractivity contribution in [2.45, 2.75) is 138 Å². The Labute approximate surface area is 211 Å². The zero-order valence-electron chi connectivity index (χ0n) is 21.4. The van der Waals surface area contributed by atoms with Crippen LogP contribution in [-0.2, 0) is 9.47 Å². The van der Waals surface area contributed by atoms with Crippen molar-refractivity contribution in [3.8, 4) is 0 Å². The monoisotopic (exact) mass is 498 g/mol. The second-order valence-corrected chi connectivity index (χ2v) is 13.7. The van der Waals surface area contributed by atoms with Crippen molar-refractivity contribution in [2.75, 3.05) is 13.2 Å². The van der Waals surface area contributed by atoms with E-state index in [4.69, 9.17) is 9.47 Å². The van der Waals surface area contributed by atoms with Crippen molar-refractivity contribution in [1.29, 1.82) is 0 Å². The zero-order chi connectivity index (χ0) is 23.5. The Morgan fingerprint density at radius 3 is 1.85 bits per heavy atom. The number of thioether (sulfide) groups is 1. The minimum absolute atomic E-state index is 0.0801. The van der Waals surface area contributed by atoms with Crippen molar-refractivity contribution >= 4 is 11.8 Å². The van der Waals surface area contributed by atoms with Crippen LogP contribution in [0.15, 0.2) is 0 Å². The fraction of sp³-hybridized carbons (Fsp3) is 1.00. The molecule has 0 aromatic carbocycles. The molecule has 0 aromatic rings. The van der Waals surface area contributed by atoms with E-state index in [-0.39, 0.29) is 22.7 Å². The summed E-state index contributed by atoms with van der Waals surface area (Å²) in [5.74, 6) is 3.18. The van der Waals surface area contributed by atoms with Crippen molar-refractivity contribution in [2.24, 2.45) is 29.6 Å². The normalized spacial score (nSPS) is 45.3. The van der Waals surface area contributed by atoms with Gasteiger partial charge in [-0.2, -0.15) is 0 Å². The van der Waals surface area contributed by atoms with E-state index in [1.807, 2.05) is 0 Å². The van der Waals surface area contributed by atoms with Gasteiger partial charge in [-0.1, -0.05) is 51.9 Å². The summed E-state index contributed by atoms with van der Waals surface area (Å²) in [6, 6.07) is 0. The van der Waals surface area contributed by atoms with E-state index < -0.39 is 12.3 Å². The predicted octanol–water partition coefficient (Wildman–Crippen LogP) is 7.92. The van der Waals surface area contributed by atoms with Crippen LogP contribution in [0.5, 0.6) is 0 Å². The van der Waals surface area contributed by atoms with Crippen LogP contribution < -0.4 is 0 Å². The molecule has 5 fully saturated rings. The number of hydrogen-bond acceptors (Lipinski definition) is 3. The number of ether oxygens (including phenoxy) is 2. The van der Waals surface area contributed by atoms with Crippen molar-refractivity contribution < 1.29 is 18.3 Å². The minimum Gasteiger partial charge on any atom is -0.375 e. The number of alkyl halides is 2. The Kier molecular flexibility index (Phi) is 9.18. The molecule has 0 amide bonds. The van der Waals surface area contributed by atoms with E-state index in [1.165, 1.54) is 57.8 Å². The largest absolute Gasteiger partial charge is 0.375 e. The topological polar surface area (TPSA) is 18.5 Å². The number of fused-ring (bicyclic) bond motifs is 3. The Bertz CT molecular complexity index is 621. The predicted molar refractivity (Wildman–Crippen MR) is 137 cm³/mol. The summed E-state index contributed by atoms with van der Waals surface area (Å²) < 4.78 is 43.2. The third-order valence-corrected chi connectivity index (χ3v) is 11.9. The molecule has 2 nitrogen and oxygen atoms in total. The fourth-order valence-electron chi connectivity index (χ4n) is 8.05.